The molecule has 1 aliphatic rings. The van der Waals surface area contributed by atoms with E-state index in [0.29, 0.717) is 19.5 Å². The molecule has 1 rings (SSSR count). The molecule has 1 saturated heterocycles. The minimum absolute atomic E-state index is 0.0173. The maximum atomic E-state index is 10.9. The number of aliphatic carboxylic acids is 1. The highest BCUT2D eigenvalue weighted by atomic mass is 16.4. The third-order valence-electron chi connectivity index (χ3n) is 2.01. The van der Waals surface area contributed by atoms with Gasteiger partial charge in [0.15, 0.2) is 0 Å². The largest absolute Gasteiger partial charge is 0.474 e. The maximum Gasteiger partial charge on any atom is 0.394 e. The smallest absolute Gasteiger partial charge is 0.394 e. The lowest BCUT2D eigenvalue weighted by Crippen LogP contribution is -2.34. The molecule has 0 radical (unpaired) electrons. The van der Waals surface area contributed by atoms with Crippen LogP contribution in [0.25, 0.3) is 0 Å². The van der Waals surface area contributed by atoms with Crippen LogP contribution in [0.3, 0.4) is 0 Å². The van der Waals surface area contributed by atoms with Crippen LogP contribution in [0.2, 0.25) is 0 Å². The van der Waals surface area contributed by atoms with Crippen molar-refractivity contribution in [3.05, 3.63) is 0 Å². The van der Waals surface area contributed by atoms with Crippen molar-refractivity contribution < 1.29 is 19.8 Å². The summed E-state index contributed by atoms with van der Waals surface area (Å²) in [6.45, 7) is 0.821. The van der Waals surface area contributed by atoms with Crippen LogP contribution in [0, 0.1) is 5.92 Å². The van der Waals surface area contributed by atoms with Crippen LogP contribution >= 0.6 is 0 Å². The van der Waals surface area contributed by atoms with E-state index in [2.05, 4.69) is 0 Å². The van der Waals surface area contributed by atoms with Gasteiger partial charge in [0.2, 0.25) is 0 Å². The molecule has 0 aliphatic carbocycles. The van der Waals surface area contributed by atoms with Crippen molar-refractivity contribution in [2.45, 2.75) is 6.42 Å². The fourth-order valence-electron chi connectivity index (χ4n) is 1.30. The molecule has 0 aromatic heterocycles. The lowest BCUT2D eigenvalue weighted by Gasteiger charge is -2.12. The molecular formula is C7H11NO4. The molecule has 5 heteroatoms. The van der Waals surface area contributed by atoms with Crippen LogP contribution in [0.15, 0.2) is 0 Å². The van der Waals surface area contributed by atoms with Gasteiger partial charge in [-0.2, -0.15) is 0 Å². The summed E-state index contributed by atoms with van der Waals surface area (Å²) in [5, 5.41) is 17.1. The van der Waals surface area contributed by atoms with Gasteiger partial charge in [0.1, 0.15) is 0 Å². The zero-order valence-corrected chi connectivity index (χ0v) is 6.56. The molecule has 1 amide bonds. The number of hydrogen-bond donors (Lipinski definition) is 2. The van der Waals surface area contributed by atoms with Gasteiger partial charge in [-0.3, -0.25) is 4.79 Å². The predicted molar refractivity (Wildman–Crippen MR) is 39.4 cm³/mol. The van der Waals surface area contributed by atoms with E-state index in [1.54, 1.807) is 0 Å². The topological polar surface area (TPSA) is 77.8 Å². The molecule has 0 spiro atoms. The summed E-state index contributed by atoms with van der Waals surface area (Å²) in [6, 6.07) is 0. The number of carboxylic acids is 1. The summed E-state index contributed by atoms with van der Waals surface area (Å²) < 4.78 is 0. The fourth-order valence-corrected chi connectivity index (χ4v) is 1.30. The quantitative estimate of drug-likeness (QED) is 0.494. The molecule has 12 heavy (non-hydrogen) atoms. The number of aliphatic hydroxyl groups excluding tert-OH is 1. The molecule has 0 bridgehead atoms. The monoisotopic (exact) mass is 173 g/mol. The summed E-state index contributed by atoms with van der Waals surface area (Å²) in [4.78, 5) is 22.3. The Morgan fingerprint density at radius 1 is 1.50 bits per heavy atom. The van der Waals surface area contributed by atoms with Crippen LogP contribution in [0.1, 0.15) is 6.42 Å². The van der Waals surface area contributed by atoms with E-state index >= 15 is 0 Å². The summed E-state index contributed by atoms with van der Waals surface area (Å²) in [5.41, 5.74) is 0. The van der Waals surface area contributed by atoms with E-state index in [1.165, 1.54) is 4.90 Å². The van der Waals surface area contributed by atoms with Crippen molar-refractivity contribution in [2.24, 2.45) is 5.92 Å². The number of nitrogens with zero attached hydrogens (tertiary/aromatic N) is 1. The minimum atomic E-state index is -1.42. The van der Waals surface area contributed by atoms with Crippen molar-refractivity contribution in [1.29, 1.82) is 0 Å². The highest BCUT2D eigenvalue weighted by Gasteiger charge is 2.28. The summed E-state index contributed by atoms with van der Waals surface area (Å²) in [5.74, 6) is -2.24. The second kappa shape index (κ2) is 3.53. The number of carboxylic acid groups (broad SMARTS) is 1. The summed E-state index contributed by atoms with van der Waals surface area (Å²) in [7, 11) is 0. The minimum Gasteiger partial charge on any atom is -0.474 e. The van der Waals surface area contributed by atoms with Crippen LogP contribution < -0.4 is 0 Å². The van der Waals surface area contributed by atoms with E-state index in [-0.39, 0.29) is 12.5 Å². The lowest BCUT2D eigenvalue weighted by molar-refractivity contribution is -0.155. The van der Waals surface area contributed by atoms with Gasteiger partial charge in [-0.25, -0.2) is 4.79 Å². The molecule has 0 aromatic rings. The first kappa shape index (κ1) is 8.99. The summed E-state index contributed by atoms with van der Waals surface area (Å²) in [6.07, 6.45) is 0.690. The fraction of sp³-hybridized carbons (Fsp3) is 0.714. The maximum absolute atomic E-state index is 10.9. The molecule has 1 unspecified atom stereocenters. The standard InChI is InChI=1S/C7H11NO4/c9-4-5-1-2-8(3-5)6(10)7(11)12/h5,9H,1-4H2,(H,11,12). The van der Waals surface area contributed by atoms with Crippen LogP contribution in [-0.4, -0.2) is 46.7 Å². The molecule has 1 fully saturated rings. The Balaban J connectivity index is 2.46. The van der Waals surface area contributed by atoms with Crippen LogP contribution in [0.4, 0.5) is 0 Å². The number of amides is 1. The number of rotatable bonds is 1. The van der Waals surface area contributed by atoms with Gasteiger partial charge in [0.05, 0.1) is 0 Å². The molecule has 68 valence electrons. The van der Waals surface area contributed by atoms with Crippen molar-refractivity contribution >= 4 is 11.9 Å². The first-order chi connectivity index (χ1) is 5.65. The Labute approximate surface area is 69.6 Å². The molecule has 5 nitrogen and oxygen atoms in total. The average Bonchev–Trinajstić information content (AvgIpc) is 2.50. The van der Waals surface area contributed by atoms with Crippen molar-refractivity contribution in [1.82, 2.24) is 4.90 Å². The van der Waals surface area contributed by atoms with Gasteiger partial charge in [-0.15, -0.1) is 0 Å². The normalized spacial score (nSPS) is 22.8. The number of carbonyl (C=O) groups is 2. The Bertz CT molecular complexity index is 204. The molecular weight excluding hydrogens is 162 g/mol. The van der Waals surface area contributed by atoms with Crippen molar-refractivity contribution in [2.75, 3.05) is 19.7 Å². The van der Waals surface area contributed by atoms with Crippen LogP contribution in [0.5, 0.6) is 0 Å². The van der Waals surface area contributed by atoms with Gasteiger partial charge in [0, 0.05) is 25.6 Å². The molecule has 0 saturated carbocycles. The van der Waals surface area contributed by atoms with E-state index in [1.807, 2.05) is 0 Å². The average molecular weight is 173 g/mol. The molecule has 1 atom stereocenters. The van der Waals surface area contributed by atoms with Gasteiger partial charge in [-0.1, -0.05) is 0 Å². The number of likely N-dealkylation sites (tertiary alicyclic amines) is 1. The Kier molecular flexibility index (Phi) is 2.65. The van der Waals surface area contributed by atoms with E-state index in [4.69, 9.17) is 10.2 Å². The zero-order valence-electron chi connectivity index (χ0n) is 6.56. The number of hydrogen-bond acceptors (Lipinski definition) is 3. The first-order valence-corrected chi connectivity index (χ1v) is 3.78. The molecule has 1 heterocycles. The SMILES string of the molecule is O=C(O)C(=O)N1CCC(CO)C1. The lowest BCUT2D eigenvalue weighted by atomic mass is 10.1. The van der Waals surface area contributed by atoms with E-state index in [9.17, 15) is 9.59 Å². The highest BCUT2D eigenvalue weighted by Crippen LogP contribution is 2.14. The zero-order chi connectivity index (χ0) is 9.14. The first-order valence-electron chi connectivity index (χ1n) is 3.78. The van der Waals surface area contributed by atoms with Crippen LogP contribution in [-0.2, 0) is 9.59 Å². The second-order valence-corrected chi connectivity index (χ2v) is 2.89. The van der Waals surface area contributed by atoms with Crippen molar-refractivity contribution in [3.8, 4) is 0 Å². The molecule has 1 aliphatic heterocycles. The Hall–Kier alpha value is -1.10. The number of aliphatic hydroxyl groups is 1. The molecule has 2 N–H and O–H groups in total. The third kappa shape index (κ3) is 1.73. The summed E-state index contributed by atoms with van der Waals surface area (Å²) >= 11 is 0. The predicted octanol–water partition coefficient (Wildman–Crippen LogP) is -1.09. The van der Waals surface area contributed by atoms with Gasteiger partial charge in [-0.05, 0) is 6.42 Å². The Morgan fingerprint density at radius 2 is 2.17 bits per heavy atom. The number of carbonyl (C=O) groups excluding carboxylic acids is 1. The Morgan fingerprint density at radius 3 is 2.58 bits per heavy atom. The molecule has 0 aromatic carbocycles. The van der Waals surface area contributed by atoms with Gasteiger partial charge in [0.25, 0.3) is 0 Å². The second-order valence-electron chi connectivity index (χ2n) is 2.89. The van der Waals surface area contributed by atoms with E-state index < -0.39 is 11.9 Å². The van der Waals surface area contributed by atoms with Crippen molar-refractivity contribution in [3.63, 3.8) is 0 Å². The van der Waals surface area contributed by atoms with Gasteiger partial charge >= 0.3 is 11.9 Å². The third-order valence-corrected chi connectivity index (χ3v) is 2.01. The van der Waals surface area contributed by atoms with Gasteiger partial charge < -0.3 is 15.1 Å². The highest BCUT2D eigenvalue weighted by molar-refractivity contribution is 6.31. The van der Waals surface area contributed by atoms with E-state index in [0.717, 1.165) is 0 Å².